The molecule has 5 nitrogen and oxygen atoms in total. The molecule has 0 bridgehead atoms. The van der Waals surface area contributed by atoms with Gasteiger partial charge in [-0.1, -0.05) is 0 Å². The quantitative estimate of drug-likeness (QED) is 0.681. The van der Waals surface area contributed by atoms with Crippen molar-refractivity contribution < 1.29 is 32.6 Å². The van der Waals surface area contributed by atoms with Gasteiger partial charge in [-0.05, 0) is 42.8 Å². The van der Waals surface area contributed by atoms with Crippen LogP contribution < -0.4 is 5.32 Å². The molecule has 1 fully saturated rings. The number of β-amino-alcohol motifs (C(OH)–C–C–N with tert-alkyl or cyclic N) is 1. The minimum absolute atomic E-state index is 0.0542. The zero-order chi connectivity index (χ0) is 18.6. The molecule has 25 heavy (non-hydrogen) atoms. The van der Waals surface area contributed by atoms with E-state index in [1.807, 2.05) is 6.07 Å². The van der Waals surface area contributed by atoms with Crippen molar-refractivity contribution in [2.75, 3.05) is 13.1 Å². The van der Waals surface area contributed by atoms with E-state index in [9.17, 15) is 22.7 Å². The molecule has 1 aromatic heterocycles. The molecule has 2 aromatic rings. The van der Waals surface area contributed by atoms with Gasteiger partial charge in [0.1, 0.15) is 5.82 Å². The van der Waals surface area contributed by atoms with Crippen LogP contribution in [0.5, 0.6) is 0 Å². The minimum atomic E-state index is -5.08. The van der Waals surface area contributed by atoms with Gasteiger partial charge < -0.3 is 15.5 Å². The number of aliphatic hydroxyl groups is 1. The number of nitrogens with zero attached hydrogens (tertiary/aromatic N) is 1. The molecule has 0 aliphatic carbocycles. The maximum atomic E-state index is 13.4. The van der Waals surface area contributed by atoms with Gasteiger partial charge in [0.15, 0.2) is 0 Å². The van der Waals surface area contributed by atoms with Crippen molar-refractivity contribution in [2.45, 2.75) is 24.6 Å². The van der Waals surface area contributed by atoms with Crippen LogP contribution >= 0.6 is 0 Å². The first-order valence-electron chi connectivity index (χ1n) is 7.43. The Balaban J connectivity index is 0.000000277. The first-order chi connectivity index (χ1) is 11.7. The third kappa shape index (κ3) is 4.86. The fourth-order valence-electron chi connectivity index (χ4n) is 2.67. The van der Waals surface area contributed by atoms with Crippen molar-refractivity contribution in [3.63, 3.8) is 0 Å². The molecule has 0 radical (unpaired) electrons. The number of aliphatic hydroxyl groups excluding tert-OH is 1. The number of hydrogen-bond acceptors (Lipinski definition) is 4. The molecule has 1 aromatic carbocycles. The molecule has 1 saturated heterocycles. The highest BCUT2D eigenvalue weighted by Crippen LogP contribution is 2.31. The standard InChI is InChI=1S/C14H15FN2O.C2HF3O2/c15-9-1-2-13-12(7-9)10(4-6-17-13)11-3-5-16-8-14(11)18;3-2(4,5)1(6)7/h1-2,4,6-7,11,14,16,18H,3,5,8H2;(H,6,7)/t11-,14-;/m0./s1. The van der Waals surface area contributed by atoms with Gasteiger partial charge >= 0.3 is 12.1 Å². The van der Waals surface area contributed by atoms with Gasteiger partial charge in [-0.25, -0.2) is 9.18 Å². The van der Waals surface area contributed by atoms with E-state index in [-0.39, 0.29) is 11.7 Å². The van der Waals surface area contributed by atoms with Gasteiger partial charge in [-0.15, -0.1) is 0 Å². The van der Waals surface area contributed by atoms with Crippen molar-refractivity contribution in [2.24, 2.45) is 0 Å². The van der Waals surface area contributed by atoms with Gasteiger partial charge in [-0.3, -0.25) is 4.98 Å². The van der Waals surface area contributed by atoms with Crippen LogP contribution in [0.15, 0.2) is 30.5 Å². The van der Waals surface area contributed by atoms with Crippen molar-refractivity contribution in [1.29, 1.82) is 0 Å². The van der Waals surface area contributed by atoms with Gasteiger partial charge in [0.05, 0.1) is 11.6 Å². The van der Waals surface area contributed by atoms with E-state index >= 15 is 0 Å². The second-order valence-corrected chi connectivity index (χ2v) is 5.53. The Bertz CT molecular complexity index is 752. The van der Waals surface area contributed by atoms with E-state index < -0.39 is 18.2 Å². The summed E-state index contributed by atoms with van der Waals surface area (Å²) in [6.07, 6.45) is -2.92. The van der Waals surface area contributed by atoms with Crippen LogP contribution in [0.25, 0.3) is 10.9 Å². The molecule has 0 unspecified atom stereocenters. The number of carbonyl (C=O) groups is 1. The minimum Gasteiger partial charge on any atom is -0.475 e. The molecule has 9 heteroatoms. The van der Waals surface area contributed by atoms with Gasteiger partial charge in [0.25, 0.3) is 0 Å². The number of halogens is 4. The molecule has 0 spiro atoms. The average molecular weight is 360 g/mol. The number of alkyl halides is 3. The highest BCUT2D eigenvalue weighted by molar-refractivity contribution is 5.82. The smallest absolute Gasteiger partial charge is 0.475 e. The number of benzene rings is 1. The number of piperidine rings is 1. The summed E-state index contributed by atoms with van der Waals surface area (Å²) in [6, 6.07) is 6.49. The molecular weight excluding hydrogens is 344 g/mol. The Labute approximate surface area is 140 Å². The average Bonchev–Trinajstić information content (AvgIpc) is 2.54. The third-order valence-electron chi connectivity index (χ3n) is 3.83. The summed E-state index contributed by atoms with van der Waals surface area (Å²) in [5, 5.41) is 21.2. The molecule has 0 saturated carbocycles. The number of fused-ring (bicyclic) bond motifs is 1. The Hall–Kier alpha value is -2.26. The van der Waals surface area contributed by atoms with Crippen molar-refractivity contribution in [3.05, 3.63) is 41.8 Å². The number of carboxylic acids is 1. The van der Waals surface area contributed by atoms with Crippen molar-refractivity contribution in [1.82, 2.24) is 10.3 Å². The molecule has 1 aliphatic heterocycles. The molecule has 2 atom stereocenters. The Kier molecular flexibility index (Phi) is 5.91. The number of rotatable bonds is 1. The van der Waals surface area contributed by atoms with Gasteiger partial charge in [0, 0.05) is 24.0 Å². The molecule has 3 rings (SSSR count). The lowest BCUT2D eigenvalue weighted by Crippen LogP contribution is -2.39. The van der Waals surface area contributed by atoms with Crippen LogP contribution in [-0.2, 0) is 4.79 Å². The van der Waals surface area contributed by atoms with Crippen LogP contribution in [-0.4, -0.2) is 46.5 Å². The number of aliphatic carboxylic acids is 1. The number of hydrogen-bond donors (Lipinski definition) is 3. The largest absolute Gasteiger partial charge is 0.490 e. The highest BCUT2D eigenvalue weighted by Gasteiger charge is 2.38. The van der Waals surface area contributed by atoms with E-state index in [1.54, 1.807) is 12.3 Å². The van der Waals surface area contributed by atoms with Gasteiger partial charge in [0.2, 0.25) is 0 Å². The van der Waals surface area contributed by atoms with E-state index in [2.05, 4.69) is 10.3 Å². The normalized spacial score (nSPS) is 20.7. The number of aromatic nitrogens is 1. The van der Waals surface area contributed by atoms with Crippen molar-refractivity contribution in [3.8, 4) is 0 Å². The van der Waals surface area contributed by atoms with E-state index in [1.165, 1.54) is 12.1 Å². The summed E-state index contributed by atoms with van der Waals surface area (Å²) < 4.78 is 45.1. The number of carboxylic acid groups (broad SMARTS) is 1. The van der Waals surface area contributed by atoms with E-state index in [4.69, 9.17) is 9.90 Å². The highest BCUT2D eigenvalue weighted by atomic mass is 19.4. The van der Waals surface area contributed by atoms with Crippen molar-refractivity contribution >= 4 is 16.9 Å². The summed E-state index contributed by atoms with van der Waals surface area (Å²) in [5.74, 6) is -2.97. The molecule has 136 valence electrons. The van der Waals surface area contributed by atoms with Crippen LogP contribution in [0, 0.1) is 5.82 Å². The predicted molar refractivity (Wildman–Crippen MR) is 81.6 cm³/mol. The Morgan fingerprint density at radius 3 is 2.56 bits per heavy atom. The number of nitrogens with one attached hydrogen (secondary N) is 1. The predicted octanol–water partition coefficient (Wildman–Crippen LogP) is 2.45. The molecule has 3 N–H and O–H groups in total. The lowest BCUT2D eigenvalue weighted by atomic mass is 9.86. The fraction of sp³-hybridized carbons (Fsp3) is 0.375. The maximum Gasteiger partial charge on any atom is 0.490 e. The maximum absolute atomic E-state index is 13.4. The second kappa shape index (κ2) is 7.75. The monoisotopic (exact) mass is 360 g/mol. The summed E-state index contributed by atoms with van der Waals surface area (Å²) in [4.78, 5) is 13.1. The summed E-state index contributed by atoms with van der Waals surface area (Å²) >= 11 is 0. The van der Waals surface area contributed by atoms with Crippen LogP contribution in [0.3, 0.4) is 0 Å². The topological polar surface area (TPSA) is 82.5 Å². The lowest BCUT2D eigenvalue weighted by molar-refractivity contribution is -0.192. The first kappa shape index (κ1) is 19.1. The first-order valence-corrected chi connectivity index (χ1v) is 7.43. The summed E-state index contributed by atoms with van der Waals surface area (Å²) in [6.45, 7) is 1.46. The lowest BCUT2D eigenvalue weighted by Gasteiger charge is -2.29. The summed E-state index contributed by atoms with van der Waals surface area (Å²) in [7, 11) is 0. The molecule has 1 aliphatic rings. The number of pyridine rings is 1. The van der Waals surface area contributed by atoms with Crippen LogP contribution in [0.4, 0.5) is 17.6 Å². The fourth-order valence-corrected chi connectivity index (χ4v) is 2.67. The molecule has 2 heterocycles. The zero-order valence-corrected chi connectivity index (χ0v) is 12.9. The van der Waals surface area contributed by atoms with E-state index in [0.717, 1.165) is 29.4 Å². The summed E-state index contributed by atoms with van der Waals surface area (Å²) in [5.41, 5.74) is 1.77. The SMILES string of the molecule is O=C(O)C(F)(F)F.O[C@H]1CNCC[C@H]1c1ccnc2ccc(F)cc12. The Morgan fingerprint density at radius 1 is 1.28 bits per heavy atom. The molecular formula is C16H16F4N2O3. The zero-order valence-electron chi connectivity index (χ0n) is 12.9. The third-order valence-corrected chi connectivity index (χ3v) is 3.83. The van der Waals surface area contributed by atoms with Crippen LogP contribution in [0.2, 0.25) is 0 Å². The van der Waals surface area contributed by atoms with Gasteiger partial charge in [-0.2, -0.15) is 13.2 Å². The second-order valence-electron chi connectivity index (χ2n) is 5.53. The van der Waals surface area contributed by atoms with Crippen LogP contribution in [0.1, 0.15) is 17.9 Å². The van der Waals surface area contributed by atoms with E-state index in [0.29, 0.717) is 6.54 Å². The molecule has 0 amide bonds. The Morgan fingerprint density at radius 2 is 1.96 bits per heavy atom.